The van der Waals surface area contributed by atoms with Gasteiger partial charge in [-0.1, -0.05) is 19.1 Å². The van der Waals surface area contributed by atoms with Crippen LogP contribution in [0.2, 0.25) is 0 Å². The molecule has 0 aromatic heterocycles. The molecule has 1 aromatic rings. The van der Waals surface area contributed by atoms with Crippen molar-refractivity contribution in [3.63, 3.8) is 0 Å². The van der Waals surface area contributed by atoms with Gasteiger partial charge in [-0.05, 0) is 23.6 Å². The first-order valence-corrected chi connectivity index (χ1v) is 5.81. The molecule has 0 unspecified atom stereocenters. The van der Waals surface area contributed by atoms with Crippen molar-refractivity contribution in [3.05, 3.63) is 29.3 Å². The Bertz CT molecular complexity index is 388. The van der Waals surface area contributed by atoms with Crippen LogP contribution in [-0.4, -0.2) is 19.1 Å². The molecule has 0 fully saturated rings. The van der Waals surface area contributed by atoms with Crippen LogP contribution in [-0.2, 0) is 17.6 Å². The lowest BCUT2D eigenvalue weighted by Gasteiger charge is -2.05. The van der Waals surface area contributed by atoms with Crippen LogP contribution >= 0.6 is 0 Å². The molecule has 3 heteroatoms. The van der Waals surface area contributed by atoms with E-state index < -0.39 is 0 Å². The van der Waals surface area contributed by atoms with Gasteiger partial charge in [0.1, 0.15) is 5.75 Å². The van der Waals surface area contributed by atoms with Crippen LogP contribution in [0.4, 0.5) is 0 Å². The Labute approximate surface area is 95.8 Å². The molecule has 0 atom stereocenters. The average Bonchev–Trinajstić information content (AvgIpc) is 2.73. The number of nitrogens with one attached hydrogen (secondary N) is 1. The molecule has 0 saturated carbocycles. The van der Waals surface area contributed by atoms with Crippen LogP contribution in [0.3, 0.4) is 0 Å². The average molecular weight is 219 g/mol. The second-order valence-corrected chi connectivity index (χ2v) is 4.07. The first-order valence-electron chi connectivity index (χ1n) is 5.81. The van der Waals surface area contributed by atoms with Crippen molar-refractivity contribution in [2.45, 2.75) is 26.2 Å². The molecule has 0 spiro atoms. The maximum absolute atomic E-state index is 11.5. The van der Waals surface area contributed by atoms with Crippen molar-refractivity contribution in [1.82, 2.24) is 5.32 Å². The third-order valence-corrected chi connectivity index (χ3v) is 2.69. The fourth-order valence-corrected chi connectivity index (χ4v) is 1.86. The third-order valence-electron chi connectivity index (χ3n) is 2.69. The highest BCUT2D eigenvalue weighted by atomic mass is 16.5. The summed E-state index contributed by atoms with van der Waals surface area (Å²) in [6.45, 7) is 3.57. The van der Waals surface area contributed by atoms with E-state index in [1.54, 1.807) is 0 Å². The molecule has 86 valence electrons. The van der Waals surface area contributed by atoms with Crippen molar-refractivity contribution in [3.8, 4) is 5.75 Å². The van der Waals surface area contributed by atoms with Gasteiger partial charge in [-0.15, -0.1) is 0 Å². The quantitative estimate of drug-likeness (QED) is 0.837. The Hall–Kier alpha value is -1.51. The maximum Gasteiger partial charge on any atom is 0.224 e. The van der Waals surface area contributed by atoms with Crippen LogP contribution in [0.15, 0.2) is 18.2 Å². The number of hydrogen-bond donors (Lipinski definition) is 1. The molecule has 0 bridgehead atoms. The van der Waals surface area contributed by atoms with Crippen molar-refractivity contribution in [2.75, 3.05) is 13.2 Å². The topological polar surface area (TPSA) is 38.3 Å². The van der Waals surface area contributed by atoms with E-state index in [1.165, 1.54) is 5.56 Å². The highest BCUT2D eigenvalue weighted by Crippen LogP contribution is 2.25. The second-order valence-electron chi connectivity index (χ2n) is 4.07. The Morgan fingerprint density at radius 3 is 3.19 bits per heavy atom. The molecule has 1 heterocycles. The fourth-order valence-electron chi connectivity index (χ4n) is 1.86. The normalized spacial score (nSPS) is 13.1. The summed E-state index contributed by atoms with van der Waals surface area (Å²) in [5.41, 5.74) is 2.29. The molecule has 1 N–H and O–H groups in total. The highest BCUT2D eigenvalue weighted by Gasteiger charge is 2.12. The summed E-state index contributed by atoms with van der Waals surface area (Å²) in [6.07, 6.45) is 2.40. The van der Waals surface area contributed by atoms with Crippen LogP contribution in [0.1, 0.15) is 24.5 Å². The van der Waals surface area contributed by atoms with Crippen LogP contribution in [0, 0.1) is 0 Å². The minimum Gasteiger partial charge on any atom is -0.493 e. The summed E-state index contributed by atoms with van der Waals surface area (Å²) in [7, 11) is 0. The molecule has 1 amide bonds. The summed E-state index contributed by atoms with van der Waals surface area (Å²) in [6, 6.07) is 6.01. The van der Waals surface area contributed by atoms with Gasteiger partial charge in [-0.25, -0.2) is 0 Å². The zero-order chi connectivity index (χ0) is 11.4. The SMILES string of the molecule is CCCNC(=O)Cc1ccc2c(c1)CCO2. The van der Waals surface area contributed by atoms with Gasteiger partial charge in [0.15, 0.2) is 0 Å². The number of carbonyl (C=O) groups is 1. The zero-order valence-corrected chi connectivity index (χ0v) is 9.58. The van der Waals surface area contributed by atoms with Crippen LogP contribution in [0.5, 0.6) is 5.75 Å². The Balaban J connectivity index is 1.97. The van der Waals surface area contributed by atoms with Gasteiger partial charge in [-0.2, -0.15) is 0 Å². The van der Waals surface area contributed by atoms with E-state index in [0.717, 1.165) is 37.3 Å². The van der Waals surface area contributed by atoms with Crippen molar-refractivity contribution >= 4 is 5.91 Å². The van der Waals surface area contributed by atoms with Gasteiger partial charge in [0.25, 0.3) is 0 Å². The Morgan fingerprint density at radius 1 is 1.50 bits per heavy atom. The predicted molar refractivity (Wildman–Crippen MR) is 62.6 cm³/mol. The van der Waals surface area contributed by atoms with E-state index in [4.69, 9.17) is 4.74 Å². The minimum absolute atomic E-state index is 0.0979. The van der Waals surface area contributed by atoms with Crippen molar-refractivity contribution in [2.24, 2.45) is 0 Å². The van der Waals surface area contributed by atoms with Crippen molar-refractivity contribution in [1.29, 1.82) is 0 Å². The van der Waals surface area contributed by atoms with E-state index in [9.17, 15) is 4.79 Å². The molecule has 1 aliphatic rings. The number of benzene rings is 1. The number of fused-ring (bicyclic) bond motifs is 1. The predicted octanol–water partition coefficient (Wildman–Crippen LogP) is 1.69. The van der Waals surface area contributed by atoms with Crippen molar-refractivity contribution < 1.29 is 9.53 Å². The molecule has 3 nitrogen and oxygen atoms in total. The number of rotatable bonds is 4. The molecule has 2 rings (SSSR count). The lowest BCUT2D eigenvalue weighted by molar-refractivity contribution is -0.120. The summed E-state index contributed by atoms with van der Waals surface area (Å²) in [4.78, 5) is 11.5. The molecule has 0 radical (unpaired) electrons. The number of amides is 1. The van der Waals surface area contributed by atoms with Crippen LogP contribution in [0.25, 0.3) is 0 Å². The maximum atomic E-state index is 11.5. The summed E-state index contributed by atoms with van der Waals surface area (Å²) in [5.74, 6) is 1.07. The van der Waals surface area contributed by atoms with E-state index in [1.807, 2.05) is 19.1 Å². The number of hydrogen-bond acceptors (Lipinski definition) is 2. The van der Waals surface area contributed by atoms with Crippen LogP contribution < -0.4 is 10.1 Å². The largest absolute Gasteiger partial charge is 0.493 e. The van der Waals surface area contributed by atoms with Gasteiger partial charge in [0, 0.05) is 13.0 Å². The van der Waals surface area contributed by atoms with E-state index in [2.05, 4.69) is 11.4 Å². The second kappa shape index (κ2) is 5.01. The lowest BCUT2D eigenvalue weighted by Crippen LogP contribution is -2.25. The lowest BCUT2D eigenvalue weighted by atomic mass is 10.1. The minimum atomic E-state index is 0.0979. The third kappa shape index (κ3) is 2.54. The van der Waals surface area contributed by atoms with Gasteiger partial charge < -0.3 is 10.1 Å². The summed E-state index contributed by atoms with van der Waals surface area (Å²) >= 11 is 0. The summed E-state index contributed by atoms with van der Waals surface area (Å²) < 4.78 is 5.42. The number of carbonyl (C=O) groups excluding carboxylic acids is 1. The van der Waals surface area contributed by atoms with E-state index in [-0.39, 0.29) is 5.91 Å². The van der Waals surface area contributed by atoms with Gasteiger partial charge in [0.05, 0.1) is 13.0 Å². The molecule has 0 aliphatic carbocycles. The monoisotopic (exact) mass is 219 g/mol. The summed E-state index contributed by atoms with van der Waals surface area (Å²) in [5, 5.41) is 2.88. The molecule has 1 aliphatic heterocycles. The molecule has 16 heavy (non-hydrogen) atoms. The van der Waals surface area contributed by atoms with Gasteiger partial charge >= 0.3 is 0 Å². The fraction of sp³-hybridized carbons (Fsp3) is 0.462. The molecule has 0 saturated heterocycles. The first kappa shape index (κ1) is 11.0. The highest BCUT2D eigenvalue weighted by molar-refractivity contribution is 5.78. The Morgan fingerprint density at radius 2 is 2.38 bits per heavy atom. The van der Waals surface area contributed by atoms with Gasteiger partial charge in [-0.3, -0.25) is 4.79 Å². The first-order chi connectivity index (χ1) is 7.79. The zero-order valence-electron chi connectivity index (χ0n) is 9.58. The smallest absolute Gasteiger partial charge is 0.224 e. The van der Waals surface area contributed by atoms with E-state index >= 15 is 0 Å². The number of ether oxygens (including phenoxy) is 1. The molecular weight excluding hydrogens is 202 g/mol. The van der Waals surface area contributed by atoms with Gasteiger partial charge in [0.2, 0.25) is 5.91 Å². The molecular formula is C13H17NO2. The Kier molecular flexibility index (Phi) is 3.44. The standard InChI is InChI=1S/C13H17NO2/c1-2-6-14-13(15)9-10-3-4-12-11(8-10)5-7-16-12/h3-4,8H,2,5-7,9H2,1H3,(H,14,15). The molecule has 1 aromatic carbocycles. The van der Waals surface area contributed by atoms with E-state index in [0.29, 0.717) is 6.42 Å².